The Morgan fingerprint density at radius 3 is 2.59 bits per heavy atom. The van der Waals surface area contributed by atoms with E-state index >= 15 is 0 Å². The highest BCUT2D eigenvalue weighted by molar-refractivity contribution is 6.30. The predicted octanol–water partition coefficient (Wildman–Crippen LogP) is 3.65. The van der Waals surface area contributed by atoms with Crippen molar-refractivity contribution >= 4 is 11.6 Å². The number of nitrogens with two attached hydrogens (primary N) is 1. The van der Waals surface area contributed by atoms with Crippen molar-refractivity contribution in [1.82, 2.24) is 4.90 Å². The lowest BCUT2D eigenvalue weighted by Crippen LogP contribution is -2.23. The summed E-state index contributed by atoms with van der Waals surface area (Å²) in [6.45, 7) is 3.25. The zero-order valence-corrected chi connectivity index (χ0v) is 13.1. The Kier molecular flexibility index (Phi) is 4.77. The van der Waals surface area contributed by atoms with E-state index in [2.05, 4.69) is 29.2 Å². The predicted molar refractivity (Wildman–Crippen MR) is 88.4 cm³/mol. The van der Waals surface area contributed by atoms with Gasteiger partial charge in [0.25, 0.3) is 0 Å². The van der Waals surface area contributed by atoms with Crippen molar-refractivity contribution in [2.45, 2.75) is 12.5 Å². The third-order valence-corrected chi connectivity index (χ3v) is 4.59. The van der Waals surface area contributed by atoms with Crippen molar-refractivity contribution in [3.8, 4) is 0 Å². The quantitative estimate of drug-likeness (QED) is 0.932. The molecule has 1 saturated heterocycles. The second-order valence-electron chi connectivity index (χ2n) is 5.98. The molecule has 116 valence electrons. The third kappa shape index (κ3) is 3.49. The van der Waals surface area contributed by atoms with Gasteiger partial charge in [-0.15, -0.1) is 0 Å². The van der Waals surface area contributed by atoms with E-state index in [0.717, 1.165) is 18.7 Å². The molecule has 3 rings (SSSR count). The van der Waals surface area contributed by atoms with Crippen LogP contribution in [0.1, 0.15) is 17.0 Å². The summed E-state index contributed by atoms with van der Waals surface area (Å²) in [5.74, 6) is 0.596. The monoisotopic (exact) mass is 318 g/mol. The second-order valence-corrected chi connectivity index (χ2v) is 6.42. The van der Waals surface area contributed by atoms with E-state index in [9.17, 15) is 4.39 Å². The van der Waals surface area contributed by atoms with Crippen LogP contribution in [0.15, 0.2) is 48.5 Å². The molecule has 1 aliphatic heterocycles. The van der Waals surface area contributed by atoms with Gasteiger partial charge in [-0.3, -0.25) is 4.90 Å². The van der Waals surface area contributed by atoms with Gasteiger partial charge in [-0.25, -0.2) is 4.39 Å². The fourth-order valence-electron chi connectivity index (χ4n) is 3.37. The molecule has 1 fully saturated rings. The molecule has 2 N–H and O–H groups in total. The fraction of sp³-hybridized carbons (Fsp3) is 0.333. The first kappa shape index (κ1) is 15.5. The number of benzene rings is 2. The van der Waals surface area contributed by atoms with Gasteiger partial charge in [0.05, 0.1) is 0 Å². The van der Waals surface area contributed by atoms with Crippen molar-refractivity contribution < 1.29 is 4.39 Å². The minimum Gasteiger partial charge on any atom is -0.330 e. The lowest BCUT2D eigenvalue weighted by atomic mass is 9.89. The Hall–Kier alpha value is -1.42. The highest BCUT2D eigenvalue weighted by Crippen LogP contribution is 2.33. The Morgan fingerprint density at radius 1 is 1.14 bits per heavy atom. The van der Waals surface area contributed by atoms with Gasteiger partial charge < -0.3 is 5.73 Å². The molecule has 0 aromatic heterocycles. The summed E-state index contributed by atoms with van der Waals surface area (Å²) in [6, 6.07) is 15.2. The van der Waals surface area contributed by atoms with Gasteiger partial charge >= 0.3 is 0 Å². The Labute approximate surface area is 135 Å². The van der Waals surface area contributed by atoms with E-state index in [4.69, 9.17) is 17.3 Å². The van der Waals surface area contributed by atoms with Crippen LogP contribution in [0.4, 0.5) is 4.39 Å². The molecule has 2 atom stereocenters. The third-order valence-electron chi connectivity index (χ3n) is 4.38. The molecule has 0 amide bonds. The van der Waals surface area contributed by atoms with Gasteiger partial charge in [0.15, 0.2) is 0 Å². The molecule has 0 unspecified atom stereocenters. The minimum absolute atomic E-state index is 0.281. The molecule has 2 aromatic carbocycles. The largest absolute Gasteiger partial charge is 0.330 e. The molecule has 2 nitrogen and oxygen atoms in total. The van der Waals surface area contributed by atoms with E-state index < -0.39 is 0 Å². The molecule has 0 saturated carbocycles. The van der Waals surface area contributed by atoms with Crippen LogP contribution in [0, 0.1) is 11.7 Å². The smallest absolute Gasteiger partial charge is 0.125 e. The maximum absolute atomic E-state index is 13.5. The van der Waals surface area contributed by atoms with Gasteiger partial charge in [0.2, 0.25) is 0 Å². The normalized spacial score (nSPS) is 22.1. The number of nitrogens with zero attached hydrogens (tertiary/aromatic N) is 1. The highest BCUT2D eigenvalue weighted by atomic mass is 35.5. The summed E-state index contributed by atoms with van der Waals surface area (Å²) in [5.41, 5.74) is 8.20. The first-order chi connectivity index (χ1) is 10.7. The van der Waals surface area contributed by atoms with Crippen LogP contribution in [0.2, 0.25) is 5.02 Å². The van der Waals surface area contributed by atoms with Gasteiger partial charge in [0.1, 0.15) is 5.82 Å². The molecular weight excluding hydrogens is 299 g/mol. The Morgan fingerprint density at radius 2 is 1.91 bits per heavy atom. The van der Waals surface area contributed by atoms with E-state index in [1.807, 2.05) is 12.1 Å². The van der Waals surface area contributed by atoms with Crippen LogP contribution in [-0.2, 0) is 6.54 Å². The van der Waals surface area contributed by atoms with Crippen molar-refractivity contribution in [3.63, 3.8) is 0 Å². The number of likely N-dealkylation sites (tertiary alicyclic amines) is 1. The number of halogens is 2. The minimum atomic E-state index is -0.281. The van der Waals surface area contributed by atoms with E-state index in [1.54, 1.807) is 6.07 Å². The Balaban J connectivity index is 1.74. The van der Waals surface area contributed by atoms with Crippen LogP contribution in [0.25, 0.3) is 0 Å². The van der Waals surface area contributed by atoms with Crippen molar-refractivity contribution in [2.24, 2.45) is 11.7 Å². The summed E-state index contributed by atoms with van der Waals surface area (Å²) >= 11 is 5.94. The summed E-state index contributed by atoms with van der Waals surface area (Å²) in [4.78, 5) is 2.33. The first-order valence-corrected chi connectivity index (χ1v) is 7.96. The van der Waals surface area contributed by atoms with Crippen LogP contribution in [0.3, 0.4) is 0 Å². The van der Waals surface area contributed by atoms with Crippen LogP contribution < -0.4 is 5.73 Å². The van der Waals surface area contributed by atoms with Crippen molar-refractivity contribution in [1.29, 1.82) is 0 Å². The molecule has 1 aliphatic rings. The SMILES string of the molecule is NC[C@@H]1CN(Cc2cc(F)cc(Cl)c2)C[C@H]1c1ccccc1. The maximum atomic E-state index is 13.5. The lowest BCUT2D eigenvalue weighted by molar-refractivity contribution is 0.316. The summed E-state index contributed by atoms with van der Waals surface area (Å²) in [5, 5.41) is 0.448. The number of hydrogen-bond acceptors (Lipinski definition) is 2. The van der Waals surface area contributed by atoms with Crippen molar-refractivity contribution in [3.05, 3.63) is 70.5 Å². The fourth-order valence-corrected chi connectivity index (χ4v) is 3.61. The second kappa shape index (κ2) is 6.78. The average molecular weight is 319 g/mol. The summed E-state index contributed by atoms with van der Waals surface area (Å²) < 4.78 is 13.5. The van der Waals surface area contributed by atoms with Crippen molar-refractivity contribution in [2.75, 3.05) is 19.6 Å². The standard InChI is InChI=1S/C18H20ClFN2/c19-16-6-13(7-17(20)8-16)10-22-11-15(9-21)18(12-22)14-4-2-1-3-5-14/h1-8,15,18H,9-12,21H2/t15-,18+/m1/s1. The molecule has 22 heavy (non-hydrogen) atoms. The van der Waals surface area contributed by atoms with Crippen LogP contribution in [-0.4, -0.2) is 24.5 Å². The van der Waals surface area contributed by atoms with Crippen LogP contribution in [0.5, 0.6) is 0 Å². The van der Waals surface area contributed by atoms with Gasteiger partial charge in [-0.05, 0) is 41.8 Å². The molecule has 0 bridgehead atoms. The number of hydrogen-bond donors (Lipinski definition) is 1. The number of rotatable bonds is 4. The van der Waals surface area contributed by atoms with Gasteiger partial charge in [0, 0.05) is 30.6 Å². The first-order valence-electron chi connectivity index (χ1n) is 7.58. The molecule has 2 aromatic rings. The van der Waals surface area contributed by atoms with E-state index in [1.165, 1.54) is 11.6 Å². The Bertz CT molecular complexity index is 612. The zero-order chi connectivity index (χ0) is 15.5. The van der Waals surface area contributed by atoms with Crippen LogP contribution >= 0.6 is 11.6 Å². The molecular formula is C18H20ClFN2. The van der Waals surface area contributed by atoms with Gasteiger partial charge in [-0.1, -0.05) is 41.9 Å². The maximum Gasteiger partial charge on any atom is 0.125 e. The summed E-state index contributed by atoms with van der Waals surface area (Å²) in [7, 11) is 0. The molecule has 4 heteroatoms. The van der Waals surface area contributed by atoms with E-state index in [-0.39, 0.29) is 5.82 Å². The highest BCUT2D eigenvalue weighted by Gasteiger charge is 2.32. The van der Waals surface area contributed by atoms with Gasteiger partial charge in [-0.2, -0.15) is 0 Å². The topological polar surface area (TPSA) is 29.3 Å². The molecule has 1 heterocycles. The molecule has 0 spiro atoms. The molecule has 0 radical (unpaired) electrons. The zero-order valence-electron chi connectivity index (χ0n) is 12.4. The van der Waals surface area contributed by atoms with E-state index in [0.29, 0.717) is 29.9 Å². The average Bonchev–Trinajstić information content (AvgIpc) is 2.90. The molecule has 0 aliphatic carbocycles. The lowest BCUT2D eigenvalue weighted by Gasteiger charge is -2.17. The summed E-state index contributed by atoms with van der Waals surface area (Å²) in [6.07, 6.45) is 0.